The van der Waals surface area contributed by atoms with Crippen molar-refractivity contribution < 1.29 is 20.1 Å². The molecule has 0 aliphatic rings. The second-order valence-electron chi connectivity index (χ2n) is 6.84. The van der Waals surface area contributed by atoms with E-state index < -0.39 is 0 Å². The zero-order valence-electron chi connectivity index (χ0n) is 16.2. The van der Waals surface area contributed by atoms with Gasteiger partial charge in [-0.2, -0.15) is 0 Å². The summed E-state index contributed by atoms with van der Waals surface area (Å²) in [6, 6.07) is 40.9. The normalized spacial score (nSPS) is 10.4. The van der Waals surface area contributed by atoms with Crippen molar-refractivity contribution >= 4 is 27.8 Å². The molecule has 0 aliphatic heterocycles. The van der Waals surface area contributed by atoms with Crippen LogP contribution < -0.4 is 4.90 Å². The first-order valence-corrected chi connectivity index (χ1v) is 9.66. The second-order valence-corrected chi connectivity index (χ2v) is 6.84. The predicted molar refractivity (Wildman–Crippen MR) is 121 cm³/mol. The smallest absolute Gasteiger partial charge is 0.0522 e. The zero-order chi connectivity index (χ0) is 19.5. The summed E-state index contributed by atoms with van der Waals surface area (Å²) in [6.07, 6.45) is 1.81. The van der Waals surface area contributed by atoms with E-state index in [2.05, 4.69) is 94.8 Å². The van der Waals surface area contributed by atoms with E-state index in [0.29, 0.717) is 0 Å². The van der Waals surface area contributed by atoms with E-state index in [1.807, 2.05) is 36.5 Å². The molecule has 0 spiro atoms. The molecule has 0 saturated carbocycles. The summed E-state index contributed by atoms with van der Waals surface area (Å²) in [5.74, 6) is 0. The summed E-state index contributed by atoms with van der Waals surface area (Å²) >= 11 is 0. The molecule has 3 heteroatoms. The van der Waals surface area contributed by atoms with Gasteiger partial charge in [0, 0.05) is 37.4 Å². The summed E-state index contributed by atoms with van der Waals surface area (Å²) in [4.78, 5) is 6.79. The molecule has 1 aromatic heterocycles. The monoisotopic (exact) mass is 564 g/mol. The van der Waals surface area contributed by atoms with Crippen molar-refractivity contribution in [1.82, 2.24) is 4.98 Å². The van der Waals surface area contributed by atoms with Crippen LogP contribution in [0, 0.1) is 6.07 Å². The van der Waals surface area contributed by atoms with Gasteiger partial charge in [-0.1, -0.05) is 66.7 Å². The predicted octanol–water partition coefficient (Wildman–Crippen LogP) is 7.17. The number of benzene rings is 4. The average Bonchev–Trinajstić information content (AvgIpc) is 2.81. The van der Waals surface area contributed by atoms with E-state index in [-0.39, 0.29) is 20.1 Å². The van der Waals surface area contributed by atoms with Gasteiger partial charge in [0.2, 0.25) is 0 Å². The minimum Gasteiger partial charge on any atom is -0.328 e. The Morgan fingerprint density at radius 3 is 2.27 bits per heavy atom. The maximum absolute atomic E-state index is 4.50. The number of rotatable bonds is 4. The van der Waals surface area contributed by atoms with Gasteiger partial charge < -0.3 is 9.88 Å². The van der Waals surface area contributed by atoms with Gasteiger partial charge in [0.05, 0.1) is 5.69 Å². The molecule has 0 fully saturated rings. The molecule has 5 aromatic rings. The van der Waals surface area contributed by atoms with Crippen LogP contribution in [-0.4, -0.2) is 4.98 Å². The fraction of sp³-hybridized carbons (Fsp3) is 0. The molecule has 0 bridgehead atoms. The van der Waals surface area contributed by atoms with Gasteiger partial charge in [-0.05, 0) is 41.0 Å². The third-order valence-electron chi connectivity index (χ3n) is 5.01. The van der Waals surface area contributed by atoms with Crippen LogP contribution in [-0.2, 0) is 20.1 Å². The second kappa shape index (κ2) is 9.04. The number of pyridine rings is 1. The topological polar surface area (TPSA) is 16.1 Å². The van der Waals surface area contributed by atoms with E-state index in [1.165, 1.54) is 10.8 Å². The average molecular weight is 564 g/mol. The molecular formula is C27H19IrN2-. The molecule has 1 radical (unpaired) electrons. The fourth-order valence-electron chi connectivity index (χ4n) is 3.67. The van der Waals surface area contributed by atoms with Crippen molar-refractivity contribution in [2.75, 3.05) is 4.90 Å². The largest absolute Gasteiger partial charge is 0.328 e. The summed E-state index contributed by atoms with van der Waals surface area (Å²) < 4.78 is 0. The number of aromatic nitrogens is 1. The molecule has 147 valence electrons. The van der Waals surface area contributed by atoms with Crippen LogP contribution in [0.1, 0.15) is 0 Å². The summed E-state index contributed by atoms with van der Waals surface area (Å²) in [6.45, 7) is 0. The Balaban J connectivity index is 0.00000218. The Hall–Kier alpha value is -3.26. The van der Waals surface area contributed by atoms with Crippen molar-refractivity contribution in [2.45, 2.75) is 0 Å². The van der Waals surface area contributed by atoms with E-state index in [0.717, 1.165) is 28.3 Å². The van der Waals surface area contributed by atoms with E-state index in [9.17, 15) is 0 Å². The Kier molecular flexibility index (Phi) is 6.04. The van der Waals surface area contributed by atoms with Crippen LogP contribution >= 0.6 is 0 Å². The number of hydrogen-bond donors (Lipinski definition) is 0. The van der Waals surface area contributed by atoms with Gasteiger partial charge in [-0.25, -0.2) is 0 Å². The van der Waals surface area contributed by atoms with Crippen LogP contribution in [0.3, 0.4) is 0 Å². The minimum absolute atomic E-state index is 0. The third-order valence-corrected chi connectivity index (χ3v) is 5.01. The maximum Gasteiger partial charge on any atom is 0.0522 e. The maximum atomic E-state index is 4.50. The fourth-order valence-corrected chi connectivity index (χ4v) is 3.67. The van der Waals surface area contributed by atoms with Gasteiger partial charge in [0.15, 0.2) is 0 Å². The Labute approximate surface area is 190 Å². The Bertz CT molecular complexity index is 1250. The zero-order valence-corrected chi connectivity index (χ0v) is 18.6. The quantitative estimate of drug-likeness (QED) is 0.216. The molecule has 30 heavy (non-hydrogen) atoms. The first kappa shape index (κ1) is 20.0. The standard InChI is InChI=1S/C27H19N2.Ir/c1-2-13-23(14-3-1)29(27-18-9-11-21-10-4-5-16-25(21)27)24-15-8-12-22(20-24)26-17-6-7-19-28-26;/h1-11,13-20H;/q-1;. The number of nitrogens with zero attached hydrogens (tertiary/aromatic N) is 2. The molecule has 0 amide bonds. The van der Waals surface area contributed by atoms with Gasteiger partial charge in [0.1, 0.15) is 0 Å². The number of fused-ring (bicyclic) bond motifs is 1. The molecule has 0 saturated heterocycles. The molecule has 0 aliphatic carbocycles. The number of hydrogen-bond acceptors (Lipinski definition) is 2. The van der Waals surface area contributed by atoms with Crippen LogP contribution in [0.4, 0.5) is 17.1 Å². The summed E-state index contributed by atoms with van der Waals surface area (Å²) in [7, 11) is 0. The molecular weight excluding hydrogens is 545 g/mol. The van der Waals surface area contributed by atoms with Gasteiger partial charge in [0.25, 0.3) is 0 Å². The summed E-state index contributed by atoms with van der Waals surface area (Å²) in [5.41, 5.74) is 5.23. The van der Waals surface area contributed by atoms with Gasteiger partial charge >= 0.3 is 0 Å². The van der Waals surface area contributed by atoms with Crippen molar-refractivity contribution in [3.63, 3.8) is 0 Å². The first-order chi connectivity index (χ1) is 14.4. The van der Waals surface area contributed by atoms with Crippen molar-refractivity contribution in [3.05, 3.63) is 121 Å². The molecule has 2 nitrogen and oxygen atoms in total. The Morgan fingerprint density at radius 2 is 1.43 bits per heavy atom. The van der Waals surface area contributed by atoms with Crippen molar-refractivity contribution in [2.24, 2.45) is 0 Å². The minimum atomic E-state index is 0. The van der Waals surface area contributed by atoms with Crippen LogP contribution in [0.2, 0.25) is 0 Å². The van der Waals surface area contributed by atoms with E-state index in [4.69, 9.17) is 0 Å². The van der Waals surface area contributed by atoms with Crippen molar-refractivity contribution in [3.8, 4) is 11.3 Å². The number of anilines is 3. The van der Waals surface area contributed by atoms with Crippen LogP contribution in [0.5, 0.6) is 0 Å². The van der Waals surface area contributed by atoms with Crippen LogP contribution in [0.25, 0.3) is 22.0 Å². The molecule has 5 rings (SSSR count). The van der Waals surface area contributed by atoms with Gasteiger partial charge in [-0.15, -0.1) is 29.8 Å². The molecule has 0 atom stereocenters. The molecule has 1 heterocycles. The van der Waals surface area contributed by atoms with Gasteiger partial charge in [-0.3, -0.25) is 0 Å². The number of para-hydroxylation sites is 1. The van der Waals surface area contributed by atoms with E-state index in [1.54, 1.807) is 0 Å². The SMILES string of the molecule is [Ir].[c-]1ccc(N(c2ccccc2)c2cccc3ccccc23)cc1-c1ccccn1. The first-order valence-electron chi connectivity index (χ1n) is 9.66. The van der Waals surface area contributed by atoms with Crippen LogP contribution in [0.15, 0.2) is 115 Å². The third kappa shape index (κ3) is 3.91. The molecule has 0 unspecified atom stereocenters. The van der Waals surface area contributed by atoms with E-state index >= 15 is 0 Å². The molecule has 4 aromatic carbocycles. The van der Waals surface area contributed by atoms with Crippen molar-refractivity contribution in [1.29, 1.82) is 0 Å². The Morgan fingerprint density at radius 1 is 0.667 bits per heavy atom. The molecule has 0 N–H and O–H groups in total. The summed E-state index contributed by atoms with van der Waals surface area (Å²) in [5, 5.41) is 2.43.